The van der Waals surface area contributed by atoms with Gasteiger partial charge in [0.05, 0.1) is 16.7 Å². The van der Waals surface area contributed by atoms with E-state index in [9.17, 15) is 14.0 Å². The Morgan fingerprint density at radius 3 is 2.61 bits per heavy atom. The van der Waals surface area contributed by atoms with Crippen molar-refractivity contribution in [1.82, 2.24) is 9.55 Å². The Bertz CT molecular complexity index is 935. The van der Waals surface area contributed by atoms with Crippen molar-refractivity contribution in [3.63, 3.8) is 0 Å². The highest BCUT2D eigenvalue weighted by molar-refractivity contribution is 7.99. The van der Waals surface area contributed by atoms with Crippen LogP contribution in [0.3, 0.4) is 0 Å². The minimum absolute atomic E-state index is 0.129. The molecule has 0 fully saturated rings. The number of para-hydroxylation sites is 1. The molecule has 6 heteroatoms. The lowest BCUT2D eigenvalue weighted by Crippen LogP contribution is -2.20. The number of Topliss-reactive ketones (excluding diaryl/α,β-unsaturated/α-hetero) is 1. The molecule has 0 bridgehead atoms. The first kappa shape index (κ1) is 15.4. The highest BCUT2D eigenvalue weighted by Gasteiger charge is 2.12. The molecule has 23 heavy (non-hydrogen) atoms. The predicted octanol–water partition coefficient (Wildman–Crippen LogP) is 3.05. The second-order valence-electron chi connectivity index (χ2n) is 4.99. The average Bonchev–Trinajstić information content (AvgIpc) is 2.57. The van der Waals surface area contributed by atoms with Crippen LogP contribution in [0.25, 0.3) is 10.9 Å². The number of thioether (sulfide) groups is 1. The average molecular weight is 328 g/mol. The highest BCUT2D eigenvalue weighted by Crippen LogP contribution is 2.18. The summed E-state index contributed by atoms with van der Waals surface area (Å²) in [6, 6.07) is 12.5. The van der Waals surface area contributed by atoms with E-state index in [0.717, 1.165) is 0 Å². The Balaban J connectivity index is 1.84. The summed E-state index contributed by atoms with van der Waals surface area (Å²) >= 11 is 1.19. The number of fused-ring (bicyclic) bond motifs is 1. The van der Waals surface area contributed by atoms with Gasteiger partial charge in [0, 0.05) is 12.6 Å². The zero-order chi connectivity index (χ0) is 16.4. The standard InChI is InChI=1S/C17H13FN2O2S/c1-20-16(22)13-4-2-3-5-14(13)19-17(20)23-10-15(21)11-6-8-12(18)9-7-11/h2-9H,10H2,1H3. The van der Waals surface area contributed by atoms with Crippen LogP contribution >= 0.6 is 11.8 Å². The van der Waals surface area contributed by atoms with Crippen molar-refractivity contribution in [2.75, 3.05) is 5.75 Å². The zero-order valence-corrected chi connectivity index (χ0v) is 13.1. The maximum absolute atomic E-state index is 12.9. The van der Waals surface area contributed by atoms with Gasteiger partial charge in [-0.2, -0.15) is 0 Å². The van der Waals surface area contributed by atoms with Crippen LogP contribution in [0, 0.1) is 5.82 Å². The second kappa shape index (κ2) is 6.34. The third-order valence-electron chi connectivity index (χ3n) is 3.44. The summed E-state index contributed by atoms with van der Waals surface area (Å²) in [5, 5.41) is 1.02. The third kappa shape index (κ3) is 3.17. The quantitative estimate of drug-likeness (QED) is 0.420. The number of hydrogen-bond donors (Lipinski definition) is 0. The summed E-state index contributed by atoms with van der Waals surface area (Å²) in [6.45, 7) is 0. The Morgan fingerprint density at radius 2 is 1.87 bits per heavy atom. The highest BCUT2D eigenvalue weighted by atomic mass is 32.2. The molecule has 4 nitrogen and oxygen atoms in total. The summed E-state index contributed by atoms with van der Waals surface area (Å²) in [5.74, 6) is -0.394. The van der Waals surface area contributed by atoms with E-state index in [4.69, 9.17) is 0 Å². The Kier molecular flexibility index (Phi) is 4.25. The molecule has 0 radical (unpaired) electrons. The monoisotopic (exact) mass is 328 g/mol. The number of halogens is 1. The molecule has 0 unspecified atom stereocenters. The molecule has 0 amide bonds. The van der Waals surface area contributed by atoms with Crippen molar-refractivity contribution in [1.29, 1.82) is 0 Å². The summed E-state index contributed by atoms with van der Waals surface area (Å²) in [6.07, 6.45) is 0. The molecule has 1 aromatic heterocycles. The van der Waals surface area contributed by atoms with Crippen LogP contribution in [-0.2, 0) is 7.05 Å². The number of rotatable bonds is 4. The van der Waals surface area contributed by atoms with Gasteiger partial charge in [-0.05, 0) is 36.4 Å². The van der Waals surface area contributed by atoms with Gasteiger partial charge in [0.15, 0.2) is 10.9 Å². The SMILES string of the molecule is Cn1c(SCC(=O)c2ccc(F)cc2)nc2ccccc2c1=O. The lowest BCUT2D eigenvalue weighted by molar-refractivity contribution is 0.102. The number of ketones is 1. The summed E-state index contributed by atoms with van der Waals surface area (Å²) in [5.41, 5.74) is 0.893. The topological polar surface area (TPSA) is 52.0 Å². The van der Waals surface area contributed by atoms with Crippen molar-refractivity contribution in [3.8, 4) is 0 Å². The van der Waals surface area contributed by atoms with Crippen LogP contribution < -0.4 is 5.56 Å². The number of benzene rings is 2. The van der Waals surface area contributed by atoms with Gasteiger partial charge in [0.2, 0.25) is 0 Å². The summed E-state index contributed by atoms with van der Waals surface area (Å²) in [4.78, 5) is 28.8. The van der Waals surface area contributed by atoms with Gasteiger partial charge < -0.3 is 0 Å². The maximum atomic E-state index is 12.9. The maximum Gasteiger partial charge on any atom is 0.261 e. The second-order valence-corrected chi connectivity index (χ2v) is 5.94. The van der Waals surface area contributed by atoms with Crippen molar-refractivity contribution < 1.29 is 9.18 Å². The molecule has 3 aromatic rings. The molecule has 3 rings (SSSR count). The number of aromatic nitrogens is 2. The number of carbonyl (C=O) groups is 1. The van der Waals surface area contributed by atoms with E-state index in [1.165, 1.54) is 40.6 Å². The largest absolute Gasteiger partial charge is 0.293 e. The third-order valence-corrected chi connectivity index (χ3v) is 4.47. The molecule has 0 saturated heterocycles. The lowest BCUT2D eigenvalue weighted by atomic mass is 10.1. The first-order valence-corrected chi connectivity index (χ1v) is 7.92. The van der Waals surface area contributed by atoms with Gasteiger partial charge in [-0.3, -0.25) is 14.2 Å². The van der Waals surface area contributed by atoms with E-state index in [1.807, 2.05) is 6.07 Å². The first-order chi connectivity index (χ1) is 11.1. The fourth-order valence-electron chi connectivity index (χ4n) is 2.18. The Morgan fingerprint density at radius 1 is 1.17 bits per heavy atom. The summed E-state index contributed by atoms with van der Waals surface area (Å²) in [7, 11) is 1.63. The van der Waals surface area contributed by atoms with Crippen LogP contribution in [0.1, 0.15) is 10.4 Å². The van der Waals surface area contributed by atoms with E-state index in [0.29, 0.717) is 21.6 Å². The number of hydrogen-bond acceptors (Lipinski definition) is 4. The van der Waals surface area contributed by atoms with Crippen LogP contribution in [0.15, 0.2) is 58.5 Å². The molecule has 0 saturated carbocycles. The van der Waals surface area contributed by atoms with Crippen molar-refractivity contribution in [3.05, 3.63) is 70.3 Å². The van der Waals surface area contributed by atoms with Gasteiger partial charge >= 0.3 is 0 Å². The van der Waals surface area contributed by atoms with Gasteiger partial charge in [0.1, 0.15) is 5.82 Å². The van der Waals surface area contributed by atoms with Crippen LogP contribution in [0.4, 0.5) is 4.39 Å². The van der Waals surface area contributed by atoms with E-state index in [2.05, 4.69) is 4.98 Å². The lowest BCUT2D eigenvalue weighted by Gasteiger charge is -2.08. The molecule has 0 atom stereocenters. The van der Waals surface area contributed by atoms with Gasteiger partial charge in [-0.15, -0.1) is 0 Å². The van der Waals surface area contributed by atoms with Gasteiger partial charge in [-0.25, -0.2) is 9.37 Å². The molecule has 1 heterocycles. The van der Waals surface area contributed by atoms with Crippen molar-refractivity contribution in [2.45, 2.75) is 5.16 Å². The minimum Gasteiger partial charge on any atom is -0.293 e. The zero-order valence-electron chi connectivity index (χ0n) is 12.3. The molecule has 0 N–H and O–H groups in total. The van der Waals surface area contributed by atoms with E-state index in [-0.39, 0.29) is 22.9 Å². The van der Waals surface area contributed by atoms with Crippen molar-refractivity contribution in [2.24, 2.45) is 7.05 Å². The van der Waals surface area contributed by atoms with Gasteiger partial charge in [0.25, 0.3) is 5.56 Å². The molecule has 0 spiro atoms. The smallest absolute Gasteiger partial charge is 0.261 e. The van der Waals surface area contributed by atoms with Crippen molar-refractivity contribution >= 4 is 28.4 Å². The Labute approximate surface area is 136 Å². The molecule has 116 valence electrons. The molecule has 0 aliphatic rings. The molecule has 0 aliphatic carbocycles. The number of nitrogens with zero attached hydrogens (tertiary/aromatic N) is 2. The fourth-order valence-corrected chi connectivity index (χ4v) is 3.04. The fraction of sp³-hybridized carbons (Fsp3) is 0.118. The van der Waals surface area contributed by atoms with Crippen LogP contribution in [0.2, 0.25) is 0 Å². The normalized spacial score (nSPS) is 10.9. The van der Waals surface area contributed by atoms with E-state index >= 15 is 0 Å². The first-order valence-electron chi connectivity index (χ1n) is 6.93. The molecular formula is C17H13FN2O2S. The molecule has 2 aromatic carbocycles. The van der Waals surface area contributed by atoms with Crippen LogP contribution in [0.5, 0.6) is 0 Å². The van der Waals surface area contributed by atoms with Gasteiger partial charge in [-0.1, -0.05) is 23.9 Å². The Hall–Kier alpha value is -2.47. The predicted molar refractivity (Wildman–Crippen MR) is 88.4 cm³/mol. The van der Waals surface area contributed by atoms with E-state index < -0.39 is 0 Å². The van der Waals surface area contributed by atoms with E-state index in [1.54, 1.807) is 25.2 Å². The summed E-state index contributed by atoms with van der Waals surface area (Å²) < 4.78 is 14.3. The minimum atomic E-state index is -0.382. The number of carbonyl (C=O) groups excluding carboxylic acids is 1. The molecule has 0 aliphatic heterocycles. The van der Waals surface area contributed by atoms with Crippen LogP contribution in [-0.4, -0.2) is 21.1 Å². The molecular weight excluding hydrogens is 315 g/mol.